The first-order valence-corrected chi connectivity index (χ1v) is 14.7. The number of hydrogen-bond acceptors (Lipinski definition) is 7. The van der Waals surface area contributed by atoms with Crippen LogP contribution in [-0.4, -0.2) is 15.0 Å². The van der Waals surface area contributed by atoms with Crippen molar-refractivity contribution in [3.63, 3.8) is 0 Å². The molecule has 0 atom stereocenters. The van der Waals surface area contributed by atoms with Crippen molar-refractivity contribution in [2.45, 2.75) is 27.2 Å². The van der Waals surface area contributed by atoms with Gasteiger partial charge in [-0.05, 0) is 74.5 Å². The summed E-state index contributed by atoms with van der Waals surface area (Å²) in [6.07, 6.45) is 9.78. The first-order chi connectivity index (χ1) is 20.8. The summed E-state index contributed by atoms with van der Waals surface area (Å²) in [6, 6.07) is 19.3. The van der Waals surface area contributed by atoms with E-state index in [1.165, 1.54) is 23.4 Å². The highest BCUT2D eigenvalue weighted by Gasteiger charge is 2.12. The number of nitrogens with one attached hydrogen (secondary N) is 2. The molecule has 6 nitrogen and oxygen atoms in total. The molecule has 0 radical (unpaired) electrons. The third kappa shape index (κ3) is 7.42. The molecule has 0 amide bonds. The Hall–Kier alpha value is -5.08. The van der Waals surface area contributed by atoms with Crippen molar-refractivity contribution in [3.05, 3.63) is 137 Å². The van der Waals surface area contributed by atoms with Crippen LogP contribution in [0.4, 0.5) is 21.6 Å². The molecular weight excluding hydrogens is 555 g/mol. The summed E-state index contributed by atoms with van der Waals surface area (Å²) < 4.78 is 14.5. The lowest BCUT2D eigenvalue weighted by molar-refractivity contribution is 0.633. The molecule has 2 heterocycles. The summed E-state index contributed by atoms with van der Waals surface area (Å²) in [5.41, 5.74) is 14.3. The zero-order valence-corrected chi connectivity index (χ0v) is 25.2. The SMILES string of the molecule is C=CNc1cc2nc(/C=C/C3=CC=C(N)C3)nc(Nc3ccc(C)cc3)c2cc1F.Cc1csc(-c2ccccc2C)n1. The molecule has 0 fully saturated rings. The molecule has 43 heavy (non-hydrogen) atoms. The fraction of sp³-hybridized carbons (Fsp3) is 0.114. The van der Waals surface area contributed by atoms with E-state index in [1.54, 1.807) is 17.4 Å². The average Bonchev–Trinajstić information content (AvgIpc) is 3.62. The van der Waals surface area contributed by atoms with E-state index in [0.29, 0.717) is 34.7 Å². The predicted molar refractivity (Wildman–Crippen MR) is 179 cm³/mol. The van der Waals surface area contributed by atoms with Gasteiger partial charge in [-0.3, -0.25) is 0 Å². The normalized spacial score (nSPS) is 12.5. The average molecular weight is 589 g/mol. The van der Waals surface area contributed by atoms with Crippen LogP contribution in [-0.2, 0) is 0 Å². The number of thiazole rings is 1. The van der Waals surface area contributed by atoms with E-state index in [-0.39, 0.29) is 0 Å². The smallest absolute Gasteiger partial charge is 0.154 e. The van der Waals surface area contributed by atoms with E-state index >= 15 is 0 Å². The Morgan fingerprint density at radius 1 is 0.953 bits per heavy atom. The van der Waals surface area contributed by atoms with Crippen molar-refractivity contribution in [1.29, 1.82) is 0 Å². The third-order valence-corrected chi connectivity index (χ3v) is 7.73. The van der Waals surface area contributed by atoms with Crippen LogP contribution in [0.3, 0.4) is 0 Å². The van der Waals surface area contributed by atoms with Crippen molar-refractivity contribution in [2.24, 2.45) is 5.73 Å². The van der Waals surface area contributed by atoms with Crippen LogP contribution in [0.25, 0.3) is 27.6 Å². The van der Waals surface area contributed by atoms with Crippen molar-refractivity contribution >= 4 is 45.5 Å². The molecule has 0 saturated carbocycles. The first-order valence-electron chi connectivity index (χ1n) is 13.8. The highest BCUT2D eigenvalue weighted by molar-refractivity contribution is 7.13. The molecule has 0 bridgehead atoms. The Balaban J connectivity index is 0.000000235. The number of aromatic nitrogens is 3. The maximum absolute atomic E-state index is 14.5. The number of fused-ring (bicyclic) bond motifs is 1. The van der Waals surface area contributed by atoms with Crippen LogP contribution in [0, 0.1) is 26.6 Å². The van der Waals surface area contributed by atoms with Gasteiger partial charge < -0.3 is 16.4 Å². The monoisotopic (exact) mass is 588 g/mol. The fourth-order valence-electron chi connectivity index (χ4n) is 4.49. The van der Waals surface area contributed by atoms with Crippen LogP contribution < -0.4 is 16.4 Å². The van der Waals surface area contributed by atoms with E-state index in [9.17, 15) is 4.39 Å². The van der Waals surface area contributed by atoms with E-state index in [2.05, 4.69) is 68.7 Å². The van der Waals surface area contributed by atoms with Crippen LogP contribution >= 0.6 is 11.3 Å². The first kappa shape index (κ1) is 29.4. The Kier molecular flexibility index (Phi) is 9.08. The molecule has 0 unspecified atom stereocenters. The number of anilines is 3. The third-order valence-electron chi connectivity index (χ3n) is 6.73. The lowest BCUT2D eigenvalue weighted by atomic mass is 10.1. The summed E-state index contributed by atoms with van der Waals surface area (Å²) in [5.74, 6) is 0.643. The van der Waals surface area contributed by atoms with Crippen LogP contribution in [0.2, 0.25) is 0 Å². The molecular formula is C35H33FN6S. The minimum atomic E-state index is -0.404. The van der Waals surface area contributed by atoms with Crippen LogP contribution in [0.1, 0.15) is 29.1 Å². The van der Waals surface area contributed by atoms with Gasteiger partial charge in [0.25, 0.3) is 0 Å². The second kappa shape index (κ2) is 13.3. The molecule has 2 aromatic heterocycles. The molecule has 1 aliphatic rings. The van der Waals surface area contributed by atoms with Gasteiger partial charge in [0.15, 0.2) is 5.82 Å². The van der Waals surface area contributed by atoms with Crippen molar-refractivity contribution in [2.75, 3.05) is 10.6 Å². The fourth-order valence-corrected chi connectivity index (χ4v) is 5.37. The van der Waals surface area contributed by atoms with E-state index in [0.717, 1.165) is 33.2 Å². The summed E-state index contributed by atoms with van der Waals surface area (Å²) in [7, 11) is 0. The second-order valence-corrected chi connectivity index (χ2v) is 11.1. The lowest BCUT2D eigenvalue weighted by Gasteiger charge is -2.12. The maximum atomic E-state index is 14.5. The van der Waals surface area contributed by atoms with E-state index in [1.807, 2.05) is 62.4 Å². The maximum Gasteiger partial charge on any atom is 0.154 e. The number of allylic oxidation sites excluding steroid dienone is 4. The molecule has 5 aromatic rings. The largest absolute Gasteiger partial charge is 0.402 e. The molecule has 1 aliphatic carbocycles. The van der Waals surface area contributed by atoms with Gasteiger partial charge in [-0.25, -0.2) is 19.3 Å². The van der Waals surface area contributed by atoms with Gasteiger partial charge in [0, 0.05) is 39.8 Å². The number of hydrogen-bond donors (Lipinski definition) is 3. The van der Waals surface area contributed by atoms with Gasteiger partial charge in [0.05, 0.1) is 11.2 Å². The Morgan fingerprint density at radius 2 is 1.74 bits per heavy atom. The number of rotatable bonds is 7. The number of halogens is 1. The minimum absolute atomic E-state index is 0.308. The minimum Gasteiger partial charge on any atom is -0.402 e. The van der Waals surface area contributed by atoms with E-state index < -0.39 is 5.82 Å². The highest BCUT2D eigenvalue weighted by atomic mass is 32.1. The Labute approximate surface area is 255 Å². The zero-order valence-electron chi connectivity index (χ0n) is 24.4. The molecule has 8 heteroatoms. The topological polar surface area (TPSA) is 88.8 Å². The Morgan fingerprint density at radius 3 is 2.42 bits per heavy atom. The van der Waals surface area contributed by atoms with Gasteiger partial charge in [0.1, 0.15) is 16.6 Å². The van der Waals surface area contributed by atoms with Crippen LogP contribution in [0.15, 0.2) is 108 Å². The molecule has 0 saturated heterocycles. The van der Waals surface area contributed by atoms with Gasteiger partial charge in [-0.1, -0.05) is 60.7 Å². The van der Waals surface area contributed by atoms with Crippen LogP contribution in [0.5, 0.6) is 0 Å². The summed E-state index contributed by atoms with van der Waals surface area (Å²) in [4.78, 5) is 13.7. The molecule has 6 rings (SSSR count). The molecule has 0 spiro atoms. The quantitative estimate of drug-likeness (QED) is 0.176. The zero-order chi connectivity index (χ0) is 30.3. The highest BCUT2D eigenvalue weighted by Crippen LogP contribution is 2.30. The predicted octanol–water partition coefficient (Wildman–Crippen LogP) is 8.99. The number of aryl methyl sites for hydroxylation is 3. The lowest BCUT2D eigenvalue weighted by Crippen LogP contribution is -2.01. The number of benzene rings is 3. The molecule has 0 aliphatic heterocycles. The van der Waals surface area contributed by atoms with Gasteiger partial charge in [-0.2, -0.15) is 0 Å². The van der Waals surface area contributed by atoms with Crippen molar-refractivity contribution in [3.8, 4) is 10.6 Å². The van der Waals surface area contributed by atoms with Gasteiger partial charge in [0.2, 0.25) is 0 Å². The molecule has 216 valence electrons. The van der Waals surface area contributed by atoms with Gasteiger partial charge in [-0.15, -0.1) is 11.3 Å². The summed E-state index contributed by atoms with van der Waals surface area (Å²) in [5, 5.41) is 9.89. The molecule has 3 aromatic carbocycles. The summed E-state index contributed by atoms with van der Waals surface area (Å²) in [6.45, 7) is 9.77. The summed E-state index contributed by atoms with van der Waals surface area (Å²) >= 11 is 1.71. The Bertz CT molecular complexity index is 1870. The number of nitrogens with zero attached hydrogens (tertiary/aromatic N) is 3. The standard InChI is InChI=1S/C24H22FN5.C11H11NS/c1-3-27-22-14-21-19(13-20(22)25)24(28-18-9-4-15(2)5-10-18)30-23(29-21)11-7-16-6-8-17(26)12-16;1-8-5-3-4-6-10(8)11-12-9(2)7-13-11/h3-11,13-14,27H,1,12,26H2,2H3,(H,28,29,30);3-7H,1-2H3/b11-7+;. The van der Waals surface area contributed by atoms with Crippen molar-refractivity contribution < 1.29 is 4.39 Å². The number of nitrogens with two attached hydrogens (primary N) is 1. The van der Waals surface area contributed by atoms with Gasteiger partial charge >= 0.3 is 0 Å². The second-order valence-electron chi connectivity index (χ2n) is 10.2. The van der Waals surface area contributed by atoms with E-state index in [4.69, 9.17) is 5.73 Å². The van der Waals surface area contributed by atoms with Crippen molar-refractivity contribution in [1.82, 2.24) is 15.0 Å². The molecule has 4 N–H and O–H groups in total.